The second kappa shape index (κ2) is 7.12. The van der Waals surface area contributed by atoms with Gasteiger partial charge in [-0.2, -0.15) is 0 Å². The molecule has 1 aromatic rings. The third-order valence-corrected chi connectivity index (χ3v) is 2.36. The van der Waals surface area contributed by atoms with Gasteiger partial charge >= 0.3 is 0 Å². The van der Waals surface area contributed by atoms with Gasteiger partial charge in [-0.1, -0.05) is 6.07 Å². The molecule has 0 fully saturated rings. The van der Waals surface area contributed by atoms with Gasteiger partial charge in [-0.05, 0) is 38.3 Å². The van der Waals surface area contributed by atoms with E-state index in [-0.39, 0.29) is 6.04 Å². The first-order valence-corrected chi connectivity index (χ1v) is 5.75. The molecule has 16 heavy (non-hydrogen) atoms. The minimum absolute atomic E-state index is 0.289. The molecular formula is C13H21NO2. The van der Waals surface area contributed by atoms with Crippen LogP contribution in [0.3, 0.4) is 0 Å². The zero-order valence-electron chi connectivity index (χ0n) is 10.1. The van der Waals surface area contributed by atoms with Crippen LogP contribution >= 0.6 is 0 Å². The van der Waals surface area contributed by atoms with Crippen LogP contribution in [0.1, 0.15) is 26.2 Å². The van der Waals surface area contributed by atoms with E-state index in [0.29, 0.717) is 0 Å². The molecule has 0 aromatic heterocycles. The van der Waals surface area contributed by atoms with Gasteiger partial charge in [-0.3, -0.25) is 0 Å². The second-order valence-corrected chi connectivity index (χ2v) is 4.00. The summed E-state index contributed by atoms with van der Waals surface area (Å²) in [6.45, 7) is 2.77. The van der Waals surface area contributed by atoms with E-state index in [0.717, 1.165) is 37.4 Å². The molecule has 2 N–H and O–H groups in total. The summed E-state index contributed by atoms with van der Waals surface area (Å²) in [4.78, 5) is 0. The maximum atomic E-state index is 5.67. The Morgan fingerprint density at radius 3 is 2.69 bits per heavy atom. The molecule has 0 aliphatic carbocycles. The Kier molecular flexibility index (Phi) is 5.72. The molecule has 0 spiro atoms. The predicted octanol–water partition coefficient (Wildman–Crippen LogP) is 2.59. The molecule has 1 aromatic carbocycles. The lowest BCUT2D eigenvalue weighted by Gasteiger charge is -2.08. The van der Waals surface area contributed by atoms with Crippen molar-refractivity contribution in [1.82, 2.24) is 0 Å². The van der Waals surface area contributed by atoms with E-state index in [1.807, 2.05) is 31.2 Å². The highest BCUT2D eigenvalue weighted by Gasteiger charge is 1.97. The molecule has 0 heterocycles. The number of ether oxygens (including phenoxy) is 2. The van der Waals surface area contributed by atoms with Gasteiger partial charge in [0.2, 0.25) is 0 Å². The van der Waals surface area contributed by atoms with Crippen molar-refractivity contribution in [2.75, 3.05) is 13.7 Å². The van der Waals surface area contributed by atoms with E-state index >= 15 is 0 Å². The molecule has 1 rings (SSSR count). The molecule has 1 atom stereocenters. The van der Waals surface area contributed by atoms with Crippen LogP contribution in [0.4, 0.5) is 0 Å². The van der Waals surface area contributed by atoms with Gasteiger partial charge in [-0.25, -0.2) is 0 Å². The zero-order chi connectivity index (χ0) is 11.8. The van der Waals surface area contributed by atoms with Crippen LogP contribution in [-0.2, 0) is 0 Å². The first kappa shape index (κ1) is 12.8. The third kappa shape index (κ3) is 5.03. The Morgan fingerprint density at radius 1 is 1.25 bits per heavy atom. The number of rotatable bonds is 7. The van der Waals surface area contributed by atoms with Crippen LogP contribution in [0.15, 0.2) is 24.3 Å². The van der Waals surface area contributed by atoms with E-state index in [2.05, 4.69) is 0 Å². The molecule has 0 saturated heterocycles. The molecule has 1 unspecified atom stereocenters. The number of methoxy groups -OCH3 is 1. The van der Waals surface area contributed by atoms with Crippen molar-refractivity contribution in [2.45, 2.75) is 32.2 Å². The zero-order valence-corrected chi connectivity index (χ0v) is 10.1. The SMILES string of the molecule is COc1cccc(OCCCCC(C)N)c1. The summed E-state index contributed by atoms with van der Waals surface area (Å²) in [6, 6.07) is 7.95. The molecule has 0 aliphatic rings. The van der Waals surface area contributed by atoms with Gasteiger partial charge in [0.15, 0.2) is 0 Å². The molecule has 0 aliphatic heterocycles. The quantitative estimate of drug-likeness (QED) is 0.723. The maximum Gasteiger partial charge on any atom is 0.122 e. The summed E-state index contributed by atoms with van der Waals surface area (Å²) in [7, 11) is 1.65. The van der Waals surface area contributed by atoms with Crippen LogP contribution in [0.2, 0.25) is 0 Å². The molecule has 0 bridgehead atoms. The Labute approximate surface area is 97.6 Å². The third-order valence-electron chi connectivity index (χ3n) is 2.36. The molecular weight excluding hydrogens is 202 g/mol. The van der Waals surface area contributed by atoms with Crippen LogP contribution in [0, 0.1) is 0 Å². The lowest BCUT2D eigenvalue weighted by molar-refractivity contribution is 0.301. The summed E-state index contributed by atoms with van der Waals surface area (Å²) in [5.41, 5.74) is 5.67. The van der Waals surface area contributed by atoms with Gasteiger partial charge in [0.25, 0.3) is 0 Å². The summed E-state index contributed by atoms with van der Waals surface area (Å²) >= 11 is 0. The predicted molar refractivity (Wildman–Crippen MR) is 66.0 cm³/mol. The van der Waals surface area contributed by atoms with Gasteiger partial charge in [0, 0.05) is 12.1 Å². The highest BCUT2D eigenvalue weighted by Crippen LogP contribution is 2.19. The lowest BCUT2D eigenvalue weighted by atomic mass is 10.1. The smallest absolute Gasteiger partial charge is 0.122 e. The molecule has 3 heteroatoms. The molecule has 0 saturated carbocycles. The van der Waals surface area contributed by atoms with Crippen molar-refractivity contribution in [1.29, 1.82) is 0 Å². The maximum absolute atomic E-state index is 5.67. The molecule has 0 amide bonds. The first-order valence-electron chi connectivity index (χ1n) is 5.75. The lowest BCUT2D eigenvalue weighted by Crippen LogP contribution is -2.14. The van der Waals surface area contributed by atoms with E-state index < -0.39 is 0 Å². The topological polar surface area (TPSA) is 44.5 Å². The van der Waals surface area contributed by atoms with Gasteiger partial charge < -0.3 is 15.2 Å². The molecule has 0 radical (unpaired) electrons. The van der Waals surface area contributed by atoms with E-state index in [1.165, 1.54) is 0 Å². The highest BCUT2D eigenvalue weighted by atomic mass is 16.5. The number of hydrogen-bond acceptors (Lipinski definition) is 3. The van der Waals surface area contributed by atoms with Crippen molar-refractivity contribution >= 4 is 0 Å². The number of benzene rings is 1. The molecule has 90 valence electrons. The Hall–Kier alpha value is -1.22. The summed E-state index contributed by atoms with van der Waals surface area (Å²) in [5.74, 6) is 1.69. The summed E-state index contributed by atoms with van der Waals surface area (Å²) in [5, 5.41) is 0. The normalized spacial score (nSPS) is 12.2. The Bertz CT molecular complexity index is 300. The minimum Gasteiger partial charge on any atom is -0.497 e. The Balaban J connectivity index is 2.21. The van der Waals surface area contributed by atoms with Gasteiger partial charge in [-0.15, -0.1) is 0 Å². The summed E-state index contributed by atoms with van der Waals surface area (Å²) < 4.78 is 10.7. The molecule has 3 nitrogen and oxygen atoms in total. The van der Waals surface area contributed by atoms with E-state index in [1.54, 1.807) is 7.11 Å². The largest absolute Gasteiger partial charge is 0.497 e. The van der Waals surface area contributed by atoms with Crippen LogP contribution in [-0.4, -0.2) is 19.8 Å². The van der Waals surface area contributed by atoms with Crippen molar-refractivity contribution in [3.05, 3.63) is 24.3 Å². The second-order valence-electron chi connectivity index (χ2n) is 4.00. The van der Waals surface area contributed by atoms with E-state index in [4.69, 9.17) is 15.2 Å². The fourth-order valence-electron chi connectivity index (χ4n) is 1.45. The van der Waals surface area contributed by atoms with Gasteiger partial charge in [0.1, 0.15) is 11.5 Å². The number of unbranched alkanes of at least 4 members (excludes halogenated alkanes) is 1. The average Bonchev–Trinajstić information content (AvgIpc) is 2.28. The minimum atomic E-state index is 0.289. The van der Waals surface area contributed by atoms with Crippen molar-refractivity contribution in [3.8, 4) is 11.5 Å². The summed E-state index contributed by atoms with van der Waals surface area (Å²) in [6.07, 6.45) is 3.21. The number of hydrogen-bond donors (Lipinski definition) is 1. The van der Waals surface area contributed by atoms with Crippen LogP contribution < -0.4 is 15.2 Å². The van der Waals surface area contributed by atoms with Crippen molar-refractivity contribution < 1.29 is 9.47 Å². The van der Waals surface area contributed by atoms with Crippen LogP contribution in [0.25, 0.3) is 0 Å². The highest BCUT2D eigenvalue weighted by molar-refractivity contribution is 5.32. The standard InChI is InChI=1S/C13H21NO2/c1-11(14)6-3-4-9-16-13-8-5-7-12(10-13)15-2/h5,7-8,10-11H,3-4,6,9,14H2,1-2H3. The van der Waals surface area contributed by atoms with E-state index in [9.17, 15) is 0 Å². The van der Waals surface area contributed by atoms with Crippen LogP contribution in [0.5, 0.6) is 11.5 Å². The first-order chi connectivity index (χ1) is 7.72. The fourth-order valence-corrected chi connectivity index (χ4v) is 1.45. The van der Waals surface area contributed by atoms with Crippen molar-refractivity contribution in [3.63, 3.8) is 0 Å². The average molecular weight is 223 g/mol. The monoisotopic (exact) mass is 223 g/mol. The van der Waals surface area contributed by atoms with Crippen molar-refractivity contribution in [2.24, 2.45) is 5.73 Å². The van der Waals surface area contributed by atoms with Gasteiger partial charge in [0.05, 0.1) is 13.7 Å². The number of nitrogens with two attached hydrogens (primary N) is 1. The fraction of sp³-hybridized carbons (Fsp3) is 0.538. The Morgan fingerprint density at radius 2 is 2.00 bits per heavy atom.